The summed E-state index contributed by atoms with van der Waals surface area (Å²) in [6.07, 6.45) is -1.84. The molecular weight excluding hydrogens is 356 g/mol. The Hall–Kier alpha value is -2.91. The Balaban J connectivity index is 1.66. The third-order valence-electron chi connectivity index (χ3n) is 4.12. The molecule has 2 aromatic rings. The summed E-state index contributed by atoms with van der Waals surface area (Å²) in [6.45, 7) is -0.301. The quantitative estimate of drug-likeness (QED) is 0.811. The summed E-state index contributed by atoms with van der Waals surface area (Å²) in [5.41, 5.74) is -0.869. The number of aromatic amines is 1. The molecule has 1 atom stereocenters. The van der Waals surface area contributed by atoms with Crippen LogP contribution in [0.3, 0.4) is 0 Å². The first-order chi connectivity index (χ1) is 12.3. The van der Waals surface area contributed by atoms with Crippen LogP contribution >= 0.6 is 0 Å². The van der Waals surface area contributed by atoms with Crippen molar-refractivity contribution in [2.45, 2.75) is 19.1 Å². The largest absolute Gasteiger partial charge is 0.416 e. The van der Waals surface area contributed by atoms with Crippen LogP contribution in [-0.2, 0) is 22.3 Å². The average Bonchev–Trinajstić information content (AvgIpc) is 3.21. The van der Waals surface area contributed by atoms with Gasteiger partial charge in [0, 0.05) is 25.7 Å². The second-order valence-electron chi connectivity index (χ2n) is 5.88. The first kappa shape index (κ1) is 17.9. The minimum absolute atomic E-state index is 0.0490. The zero-order chi connectivity index (χ0) is 18.9. The van der Waals surface area contributed by atoms with Gasteiger partial charge in [-0.25, -0.2) is 4.39 Å². The summed E-state index contributed by atoms with van der Waals surface area (Å²) in [7, 11) is 0. The van der Waals surface area contributed by atoms with Crippen LogP contribution in [0.5, 0.6) is 0 Å². The van der Waals surface area contributed by atoms with E-state index in [-0.39, 0.29) is 24.4 Å². The van der Waals surface area contributed by atoms with Crippen molar-refractivity contribution in [1.29, 1.82) is 0 Å². The number of benzene rings is 1. The van der Waals surface area contributed by atoms with E-state index in [2.05, 4.69) is 15.5 Å². The molecule has 6 nitrogen and oxygen atoms in total. The second kappa shape index (κ2) is 6.77. The highest BCUT2D eigenvalue weighted by atomic mass is 19.4. The van der Waals surface area contributed by atoms with E-state index in [4.69, 9.17) is 0 Å². The molecule has 0 aliphatic carbocycles. The first-order valence-corrected chi connectivity index (χ1v) is 7.68. The number of nitrogens with zero attached hydrogens (tertiary/aromatic N) is 2. The van der Waals surface area contributed by atoms with Gasteiger partial charge in [-0.3, -0.25) is 14.7 Å². The molecule has 0 radical (unpaired) electrons. The molecule has 1 aromatic heterocycles. The van der Waals surface area contributed by atoms with Gasteiger partial charge >= 0.3 is 6.18 Å². The highest BCUT2D eigenvalue weighted by molar-refractivity contribution is 6.00. The van der Waals surface area contributed by atoms with Crippen molar-refractivity contribution < 1.29 is 27.2 Å². The Morgan fingerprint density at radius 3 is 2.81 bits per heavy atom. The minimum atomic E-state index is -4.73. The predicted octanol–water partition coefficient (Wildman–Crippen LogP) is 2.24. The van der Waals surface area contributed by atoms with Gasteiger partial charge in [-0.1, -0.05) is 6.07 Å². The Labute approximate surface area is 145 Å². The molecule has 2 amide bonds. The maximum absolute atomic E-state index is 13.1. The molecule has 0 spiro atoms. The fourth-order valence-electron chi connectivity index (χ4n) is 2.82. The monoisotopic (exact) mass is 370 g/mol. The van der Waals surface area contributed by atoms with Crippen molar-refractivity contribution in [1.82, 2.24) is 15.5 Å². The van der Waals surface area contributed by atoms with Gasteiger partial charge in [-0.05, 0) is 17.7 Å². The van der Waals surface area contributed by atoms with Crippen LogP contribution in [0.4, 0.5) is 23.2 Å². The molecule has 1 saturated heterocycles. The summed E-state index contributed by atoms with van der Waals surface area (Å²) < 4.78 is 52.0. The zero-order valence-corrected chi connectivity index (χ0v) is 13.3. The molecule has 26 heavy (non-hydrogen) atoms. The summed E-state index contributed by atoms with van der Waals surface area (Å²) in [6, 6.07) is 2.27. The lowest BCUT2D eigenvalue weighted by Crippen LogP contribution is -2.33. The second-order valence-corrected chi connectivity index (χ2v) is 5.88. The van der Waals surface area contributed by atoms with Crippen LogP contribution in [0, 0.1) is 11.7 Å². The van der Waals surface area contributed by atoms with Crippen molar-refractivity contribution in [3.8, 4) is 0 Å². The van der Waals surface area contributed by atoms with Crippen LogP contribution in [0.1, 0.15) is 17.5 Å². The molecule has 138 valence electrons. The van der Waals surface area contributed by atoms with E-state index in [9.17, 15) is 27.2 Å². The van der Waals surface area contributed by atoms with Crippen LogP contribution in [0.15, 0.2) is 30.6 Å². The summed E-state index contributed by atoms with van der Waals surface area (Å²) in [5, 5.41) is 8.69. The Kier molecular flexibility index (Phi) is 4.66. The number of hydrogen-bond donors (Lipinski definition) is 2. The molecule has 3 rings (SSSR count). The van der Waals surface area contributed by atoms with Gasteiger partial charge in [-0.15, -0.1) is 0 Å². The number of carbonyl (C=O) groups is 2. The normalized spacial score (nSPS) is 17.6. The van der Waals surface area contributed by atoms with Gasteiger partial charge in [0.15, 0.2) is 0 Å². The van der Waals surface area contributed by atoms with Crippen LogP contribution in [0.25, 0.3) is 0 Å². The molecule has 1 unspecified atom stereocenters. The topological polar surface area (TPSA) is 78.1 Å². The van der Waals surface area contributed by atoms with Gasteiger partial charge in [0.25, 0.3) is 0 Å². The molecule has 0 bridgehead atoms. The average molecular weight is 370 g/mol. The SMILES string of the molecule is O=C(NCc1ccc(F)cc1C(F)(F)F)C1CC(=O)N(c2cn[nH]c2)C1. The van der Waals surface area contributed by atoms with Gasteiger partial charge in [0.05, 0.1) is 23.4 Å². The maximum atomic E-state index is 13.1. The van der Waals surface area contributed by atoms with Gasteiger partial charge in [0.2, 0.25) is 11.8 Å². The van der Waals surface area contributed by atoms with Gasteiger partial charge < -0.3 is 10.2 Å². The Bertz CT molecular complexity index is 820. The number of halogens is 4. The molecule has 2 N–H and O–H groups in total. The van der Waals surface area contributed by atoms with Crippen molar-refractivity contribution >= 4 is 17.5 Å². The molecule has 1 fully saturated rings. The Morgan fingerprint density at radius 1 is 1.38 bits per heavy atom. The van der Waals surface area contributed by atoms with E-state index >= 15 is 0 Å². The predicted molar refractivity (Wildman–Crippen MR) is 82.3 cm³/mol. The lowest BCUT2D eigenvalue weighted by atomic mass is 10.1. The number of amides is 2. The number of anilines is 1. The number of H-pyrrole nitrogens is 1. The van der Waals surface area contributed by atoms with Gasteiger partial charge in [0.1, 0.15) is 5.82 Å². The van der Waals surface area contributed by atoms with Crippen molar-refractivity contribution in [3.63, 3.8) is 0 Å². The third-order valence-corrected chi connectivity index (χ3v) is 4.12. The van der Waals surface area contributed by atoms with Crippen molar-refractivity contribution in [3.05, 3.63) is 47.5 Å². The van der Waals surface area contributed by atoms with E-state index in [1.807, 2.05) is 0 Å². The van der Waals surface area contributed by atoms with E-state index in [0.29, 0.717) is 11.8 Å². The molecule has 10 heteroatoms. The molecular formula is C16H14F4N4O2. The van der Waals surface area contributed by atoms with Crippen molar-refractivity contribution in [2.24, 2.45) is 5.92 Å². The molecule has 0 saturated carbocycles. The molecule has 1 aliphatic rings. The summed E-state index contributed by atoms with van der Waals surface area (Å²) in [5.74, 6) is -2.51. The number of alkyl halides is 3. The van der Waals surface area contributed by atoms with Crippen LogP contribution < -0.4 is 10.2 Å². The van der Waals surface area contributed by atoms with E-state index in [0.717, 1.165) is 12.1 Å². The zero-order valence-electron chi connectivity index (χ0n) is 13.3. The lowest BCUT2D eigenvalue weighted by Gasteiger charge is -2.16. The number of carbonyl (C=O) groups excluding carboxylic acids is 2. The first-order valence-electron chi connectivity index (χ1n) is 7.68. The van der Waals surface area contributed by atoms with Crippen molar-refractivity contribution in [2.75, 3.05) is 11.4 Å². The maximum Gasteiger partial charge on any atom is 0.416 e. The van der Waals surface area contributed by atoms with Gasteiger partial charge in [-0.2, -0.15) is 18.3 Å². The molecule has 2 heterocycles. The summed E-state index contributed by atoms with van der Waals surface area (Å²) >= 11 is 0. The Morgan fingerprint density at radius 2 is 2.15 bits per heavy atom. The summed E-state index contributed by atoms with van der Waals surface area (Å²) in [4.78, 5) is 25.6. The lowest BCUT2D eigenvalue weighted by molar-refractivity contribution is -0.138. The van der Waals surface area contributed by atoms with Crippen LogP contribution in [0.2, 0.25) is 0 Å². The van der Waals surface area contributed by atoms with Crippen LogP contribution in [-0.4, -0.2) is 28.6 Å². The number of aromatic nitrogens is 2. The molecule has 1 aromatic carbocycles. The minimum Gasteiger partial charge on any atom is -0.352 e. The standard InChI is InChI=1S/C16H14F4N4O2/c17-11-2-1-9(13(4-11)16(18,19)20)5-21-15(26)10-3-14(25)24(8-10)12-6-22-23-7-12/h1-2,4,6-7,10H,3,5,8H2,(H,21,26)(H,22,23). The fourth-order valence-corrected chi connectivity index (χ4v) is 2.82. The highest BCUT2D eigenvalue weighted by Gasteiger charge is 2.36. The number of nitrogens with one attached hydrogen (secondary N) is 2. The third kappa shape index (κ3) is 3.68. The molecule has 1 aliphatic heterocycles. The van der Waals surface area contributed by atoms with E-state index < -0.39 is 35.9 Å². The number of rotatable bonds is 4. The van der Waals surface area contributed by atoms with E-state index in [1.165, 1.54) is 17.3 Å². The van der Waals surface area contributed by atoms with E-state index in [1.54, 1.807) is 0 Å². The smallest absolute Gasteiger partial charge is 0.352 e. The number of hydrogen-bond acceptors (Lipinski definition) is 3. The fraction of sp³-hybridized carbons (Fsp3) is 0.312. The highest BCUT2D eigenvalue weighted by Crippen LogP contribution is 2.32.